The summed E-state index contributed by atoms with van der Waals surface area (Å²) in [6.07, 6.45) is 6.62. The number of nitrogens with zero attached hydrogens (tertiary/aromatic N) is 1. The highest BCUT2D eigenvalue weighted by Crippen LogP contribution is 2.34. The Morgan fingerprint density at radius 1 is 1.25 bits per heavy atom. The lowest BCUT2D eigenvalue weighted by atomic mass is 9.84. The molecule has 0 saturated heterocycles. The Morgan fingerprint density at radius 3 is 2.60 bits per heavy atom. The van der Waals surface area contributed by atoms with Crippen molar-refractivity contribution < 1.29 is 0 Å². The number of nitrogens with one attached hydrogen (secondary N) is 1. The van der Waals surface area contributed by atoms with Gasteiger partial charge in [-0.15, -0.1) is 0 Å². The highest BCUT2D eigenvalue weighted by molar-refractivity contribution is 5.55. The molecule has 1 aliphatic rings. The smallest absolute Gasteiger partial charge is 0.0414 e. The second kappa shape index (κ2) is 7.12. The fourth-order valence-corrected chi connectivity index (χ4v) is 3.73. The lowest BCUT2D eigenvalue weighted by Crippen LogP contribution is -2.39. The predicted octanol–water partition coefficient (Wildman–Crippen LogP) is 4.37. The second-order valence-electron chi connectivity index (χ2n) is 6.25. The van der Waals surface area contributed by atoms with Crippen LogP contribution in [0.2, 0.25) is 0 Å². The Kier molecular flexibility index (Phi) is 5.47. The molecule has 20 heavy (non-hydrogen) atoms. The van der Waals surface area contributed by atoms with E-state index in [1.165, 1.54) is 36.9 Å². The Morgan fingerprint density at radius 2 is 1.95 bits per heavy atom. The fraction of sp³-hybridized carbons (Fsp3) is 0.667. The summed E-state index contributed by atoms with van der Waals surface area (Å²) in [5.74, 6) is 0.802. The Balaban J connectivity index is 2.26. The second-order valence-corrected chi connectivity index (χ2v) is 6.25. The molecule has 1 aromatic rings. The number of hydrogen-bond donors (Lipinski definition) is 1. The molecule has 3 unspecified atom stereocenters. The molecule has 0 spiro atoms. The van der Waals surface area contributed by atoms with E-state index in [2.05, 4.69) is 62.4 Å². The van der Waals surface area contributed by atoms with Crippen LogP contribution < -0.4 is 10.2 Å². The highest BCUT2D eigenvalue weighted by Gasteiger charge is 2.26. The molecule has 0 heterocycles. The quantitative estimate of drug-likeness (QED) is 0.857. The van der Waals surface area contributed by atoms with Crippen LogP contribution in [0.4, 0.5) is 5.69 Å². The van der Waals surface area contributed by atoms with E-state index in [4.69, 9.17) is 0 Å². The van der Waals surface area contributed by atoms with Gasteiger partial charge >= 0.3 is 0 Å². The molecule has 1 saturated carbocycles. The molecule has 0 aliphatic heterocycles. The van der Waals surface area contributed by atoms with Gasteiger partial charge in [-0.25, -0.2) is 0 Å². The maximum Gasteiger partial charge on any atom is 0.0414 e. The van der Waals surface area contributed by atoms with Crippen LogP contribution >= 0.6 is 0 Å². The van der Waals surface area contributed by atoms with Gasteiger partial charge in [0.2, 0.25) is 0 Å². The van der Waals surface area contributed by atoms with Crippen LogP contribution in [0.1, 0.15) is 57.6 Å². The molecule has 112 valence electrons. The summed E-state index contributed by atoms with van der Waals surface area (Å²) >= 11 is 0. The fourth-order valence-electron chi connectivity index (χ4n) is 3.73. The number of anilines is 1. The van der Waals surface area contributed by atoms with Crippen molar-refractivity contribution in [3.05, 3.63) is 29.8 Å². The highest BCUT2D eigenvalue weighted by atomic mass is 15.1. The summed E-state index contributed by atoms with van der Waals surface area (Å²) in [6, 6.07) is 10.1. The van der Waals surface area contributed by atoms with Crippen molar-refractivity contribution in [1.29, 1.82) is 0 Å². The first-order valence-electron chi connectivity index (χ1n) is 8.18. The molecule has 0 aromatic heterocycles. The topological polar surface area (TPSA) is 15.3 Å². The molecule has 2 nitrogen and oxygen atoms in total. The van der Waals surface area contributed by atoms with Crippen LogP contribution in [0.5, 0.6) is 0 Å². The lowest BCUT2D eigenvalue weighted by molar-refractivity contribution is 0.321. The van der Waals surface area contributed by atoms with Gasteiger partial charge in [-0.2, -0.15) is 0 Å². The van der Waals surface area contributed by atoms with Crippen molar-refractivity contribution in [3.8, 4) is 0 Å². The molecule has 0 amide bonds. The zero-order valence-corrected chi connectivity index (χ0v) is 13.5. The first-order valence-corrected chi connectivity index (χ1v) is 8.18. The number of para-hydroxylation sites is 1. The summed E-state index contributed by atoms with van der Waals surface area (Å²) in [7, 11) is 4.35. The predicted molar refractivity (Wildman–Crippen MR) is 88.4 cm³/mol. The minimum Gasteiger partial charge on any atom is -0.371 e. The van der Waals surface area contributed by atoms with Gasteiger partial charge in [0, 0.05) is 24.8 Å². The van der Waals surface area contributed by atoms with Gasteiger partial charge in [0.1, 0.15) is 0 Å². The third-order valence-electron chi connectivity index (χ3n) is 5.01. The zero-order valence-electron chi connectivity index (χ0n) is 13.5. The summed E-state index contributed by atoms with van der Waals surface area (Å²) in [6.45, 7) is 4.67. The van der Waals surface area contributed by atoms with Crippen LogP contribution in [0.3, 0.4) is 0 Å². The van der Waals surface area contributed by atoms with E-state index in [0.29, 0.717) is 12.1 Å². The third-order valence-corrected chi connectivity index (χ3v) is 5.01. The average molecular weight is 274 g/mol. The van der Waals surface area contributed by atoms with E-state index in [1.54, 1.807) is 0 Å². The maximum absolute atomic E-state index is 3.45. The number of hydrogen-bond acceptors (Lipinski definition) is 2. The van der Waals surface area contributed by atoms with Crippen LogP contribution in [0.25, 0.3) is 0 Å². The largest absolute Gasteiger partial charge is 0.371 e. The van der Waals surface area contributed by atoms with Crippen LogP contribution in [0.15, 0.2) is 24.3 Å². The first-order chi connectivity index (χ1) is 9.69. The van der Waals surface area contributed by atoms with Gasteiger partial charge < -0.3 is 10.2 Å². The van der Waals surface area contributed by atoms with E-state index in [0.717, 1.165) is 12.3 Å². The normalized spacial score (nSPS) is 24.4. The van der Waals surface area contributed by atoms with E-state index < -0.39 is 0 Å². The van der Waals surface area contributed by atoms with Gasteiger partial charge in [-0.3, -0.25) is 0 Å². The van der Waals surface area contributed by atoms with E-state index in [9.17, 15) is 0 Å². The van der Waals surface area contributed by atoms with Crippen molar-refractivity contribution in [3.63, 3.8) is 0 Å². The SMILES string of the molecule is CCC(NC)c1ccccc1N(C)C1CCCCC1C. The van der Waals surface area contributed by atoms with Gasteiger partial charge in [-0.05, 0) is 43.9 Å². The van der Waals surface area contributed by atoms with Gasteiger partial charge in [-0.1, -0.05) is 44.9 Å². The van der Waals surface area contributed by atoms with Crippen molar-refractivity contribution in [2.75, 3.05) is 19.0 Å². The maximum atomic E-state index is 3.45. The zero-order chi connectivity index (χ0) is 14.5. The molecule has 3 atom stereocenters. The van der Waals surface area contributed by atoms with Crippen LogP contribution in [0, 0.1) is 5.92 Å². The van der Waals surface area contributed by atoms with Crippen LogP contribution in [-0.2, 0) is 0 Å². The van der Waals surface area contributed by atoms with Gasteiger partial charge in [0.25, 0.3) is 0 Å². The number of benzene rings is 1. The Hall–Kier alpha value is -1.02. The molecule has 2 rings (SSSR count). The minimum atomic E-state index is 0.451. The average Bonchev–Trinajstić information content (AvgIpc) is 2.49. The number of rotatable bonds is 5. The standard InChI is InChI=1S/C18H30N2/c1-5-16(19-3)15-11-7-9-13-18(15)20(4)17-12-8-6-10-14(17)2/h7,9,11,13-14,16-17,19H,5-6,8,10,12H2,1-4H3. The van der Waals surface area contributed by atoms with Gasteiger partial charge in [0.05, 0.1) is 0 Å². The summed E-state index contributed by atoms with van der Waals surface area (Å²) in [4.78, 5) is 2.54. The summed E-state index contributed by atoms with van der Waals surface area (Å²) in [5.41, 5.74) is 2.85. The minimum absolute atomic E-state index is 0.451. The first kappa shape index (κ1) is 15.4. The van der Waals surface area contributed by atoms with E-state index in [-0.39, 0.29) is 0 Å². The Bertz CT molecular complexity index is 412. The summed E-state index contributed by atoms with van der Waals surface area (Å²) in [5, 5.41) is 3.45. The van der Waals surface area contributed by atoms with Crippen molar-refractivity contribution in [2.45, 2.75) is 58.0 Å². The molecule has 0 bridgehead atoms. The Labute approximate surface area is 124 Å². The van der Waals surface area contributed by atoms with Crippen molar-refractivity contribution in [2.24, 2.45) is 5.92 Å². The van der Waals surface area contributed by atoms with Crippen LogP contribution in [-0.4, -0.2) is 20.1 Å². The molecule has 2 heteroatoms. The molecule has 1 N–H and O–H groups in total. The van der Waals surface area contributed by atoms with Gasteiger partial charge in [0.15, 0.2) is 0 Å². The van der Waals surface area contributed by atoms with E-state index in [1.807, 2.05) is 0 Å². The molecule has 1 aromatic carbocycles. The lowest BCUT2D eigenvalue weighted by Gasteiger charge is -2.39. The van der Waals surface area contributed by atoms with Crippen molar-refractivity contribution in [1.82, 2.24) is 5.32 Å². The molecule has 0 radical (unpaired) electrons. The molecular weight excluding hydrogens is 244 g/mol. The molecule has 1 fully saturated rings. The van der Waals surface area contributed by atoms with Crippen molar-refractivity contribution >= 4 is 5.69 Å². The monoisotopic (exact) mass is 274 g/mol. The molecule has 1 aliphatic carbocycles. The molecular formula is C18H30N2. The summed E-state index contributed by atoms with van der Waals surface area (Å²) < 4.78 is 0. The van der Waals surface area contributed by atoms with E-state index >= 15 is 0 Å². The third kappa shape index (κ3) is 3.17.